The van der Waals surface area contributed by atoms with Crippen LogP contribution >= 0.6 is 0 Å². The Morgan fingerprint density at radius 3 is 3.05 bits per heavy atom. The van der Waals surface area contributed by atoms with Crippen molar-refractivity contribution >= 4 is 5.91 Å². The third-order valence-electron chi connectivity index (χ3n) is 3.84. The number of nitrogens with zero attached hydrogens (tertiary/aromatic N) is 1. The van der Waals surface area contributed by atoms with E-state index in [1.165, 1.54) is 24.8 Å². The van der Waals surface area contributed by atoms with Crippen molar-refractivity contribution in [2.45, 2.75) is 32.7 Å². The zero-order chi connectivity index (χ0) is 13.7. The molecule has 4 heteroatoms. The van der Waals surface area contributed by atoms with E-state index in [9.17, 15) is 4.79 Å². The Morgan fingerprint density at radius 2 is 2.26 bits per heavy atom. The van der Waals surface area contributed by atoms with Gasteiger partial charge in [0.15, 0.2) is 0 Å². The molecule has 1 amide bonds. The van der Waals surface area contributed by atoms with Crippen molar-refractivity contribution in [2.24, 2.45) is 11.8 Å². The van der Waals surface area contributed by atoms with E-state index >= 15 is 0 Å². The van der Waals surface area contributed by atoms with Gasteiger partial charge in [0.2, 0.25) is 0 Å². The Balaban J connectivity index is 2.00. The molecule has 2 rings (SSSR count). The molecule has 3 N–H and O–H groups in total. The van der Waals surface area contributed by atoms with Gasteiger partial charge < -0.3 is 0 Å². The highest BCUT2D eigenvalue weighted by Crippen LogP contribution is 2.18. The first kappa shape index (κ1) is 14.0. The van der Waals surface area contributed by atoms with Crippen LogP contribution in [-0.4, -0.2) is 23.9 Å². The van der Waals surface area contributed by atoms with Crippen LogP contribution in [-0.2, 0) is 6.54 Å². The molecule has 1 fully saturated rings. The fraction of sp³-hybridized carbons (Fsp3) is 0.533. The maximum atomic E-state index is 11.5. The first-order valence-corrected chi connectivity index (χ1v) is 7.01. The monoisotopic (exact) mass is 261 g/mol. The summed E-state index contributed by atoms with van der Waals surface area (Å²) in [5.74, 6) is 5.77. The predicted octanol–water partition coefficient (Wildman–Crippen LogP) is 1.91. The molecular weight excluding hydrogens is 238 g/mol. The van der Waals surface area contributed by atoms with Crippen LogP contribution in [0.15, 0.2) is 24.3 Å². The number of hydrogen-bond donors (Lipinski definition) is 2. The van der Waals surface area contributed by atoms with Gasteiger partial charge in [-0.3, -0.25) is 15.1 Å². The Hall–Kier alpha value is -1.39. The van der Waals surface area contributed by atoms with Gasteiger partial charge in [0, 0.05) is 12.1 Å². The van der Waals surface area contributed by atoms with Gasteiger partial charge >= 0.3 is 0 Å². The molecule has 1 aromatic carbocycles. The molecule has 0 aromatic heterocycles. The standard InChI is InChI=1S/C15H23N3O/c1-12-4-3-8-18(9-7-12)11-13-5-2-6-14(10-13)15(19)17-16/h2,5-6,10,12H,3-4,7-9,11,16H2,1H3,(H,17,19). The third-order valence-corrected chi connectivity index (χ3v) is 3.84. The second-order valence-corrected chi connectivity index (χ2v) is 5.49. The lowest BCUT2D eigenvalue weighted by atomic mass is 10.0. The van der Waals surface area contributed by atoms with E-state index in [0.717, 1.165) is 25.6 Å². The molecule has 0 saturated carbocycles. The molecule has 1 aliphatic rings. The Kier molecular flexibility index (Phi) is 4.93. The van der Waals surface area contributed by atoms with E-state index in [2.05, 4.69) is 23.3 Å². The molecule has 19 heavy (non-hydrogen) atoms. The molecular formula is C15H23N3O. The van der Waals surface area contributed by atoms with Crippen LogP contribution < -0.4 is 11.3 Å². The molecule has 4 nitrogen and oxygen atoms in total. The van der Waals surface area contributed by atoms with Crippen molar-refractivity contribution < 1.29 is 4.79 Å². The van der Waals surface area contributed by atoms with Gasteiger partial charge in [-0.25, -0.2) is 5.84 Å². The van der Waals surface area contributed by atoms with Crippen molar-refractivity contribution in [2.75, 3.05) is 13.1 Å². The average Bonchev–Trinajstić information content (AvgIpc) is 2.63. The highest BCUT2D eigenvalue weighted by atomic mass is 16.2. The second-order valence-electron chi connectivity index (χ2n) is 5.49. The zero-order valence-corrected chi connectivity index (χ0v) is 11.6. The number of carbonyl (C=O) groups excluding carboxylic acids is 1. The Morgan fingerprint density at radius 1 is 1.42 bits per heavy atom. The van der Waals surface area contributed by atoms with Crippen molar-refractivity contribution in [1.29, 1.82) is 0 Å². The Bertz CT molecular complexity index is 433. The predicted molar refractivity (Wildman–Crippen MR) is 76.4 cm³/mol. The lowest BCUT2D eigenvalue weighted by Gasteiger charge is -2.20. The quantitative estimate of drug-likeness (QED) is 0.496. The molecule has 1 aliphatic heterocycles. The fourth-order valence-corrected chi connectivity index (χ4v) is 2.63. The van der Waals surface area contributed by atoms with Crippen LogP contribution in [0.5, 0.6) is 0 Å². The first-order chi connectivity index (χ1) is 9.19. The van der Waals surface area contributed by atoms with Gasteiger partial charge in [-0.05, 0) is 56.0 Å². The van der Waals surface area contributed by atoms with Gasteiger partial charge in [-0.2, -0.15) is 0 Å². The van der Waals surface area contributed by atoms with Gasteiger partial charge in [0.1, 0.15) is 0 Å². The minimum Gasteiger partial charge on any atom is -0.299 e. The minimum absolute atomic E-state index is 0.230. The summed E-state index contributed by atoms with van der Waals surface area (Å²) in [6, 6.07) is 7.70. The number of amides is 1. The van der Waals surface area contributed by atoms with E-state index < -0.39 is 0 Å². The molecule has 1 atom stereocenters. The maximum absolute atomic E-state index is 11.5. The molecule has 1 aromatic rings. The summed E-state index contributed by atoms with van der Waals surface area (Å²) in [6.07, 6.45) is 3.86. The number of rotatable bonds is 3. The van der Waals surface area contributed by atoms with Crippen molar-refractivity contribution in [1.82, 2.24) is 10.3 Å². The molecule has 1 unspecified atom stereocenters. The average molecular weight is 261 g/mol. The number of carbonyl (C=O) groups is 1. The van der Waals surface area contributed by atoms with Crippen LogP contribution in [0.3, 0.4) is 0 Å². The van der Waals surface area contributed by atoms with Gasteiger partial charge in [0.05, 0.1) is 0 Å². The number of nitrogen functional groups attached to an aromatic ring is 1. The van der Waals surface area contributed by atoms with E-state index in [1.807, 2.05) is 12.1 Å². The second kappa shape index (κ2) is 6.68. The fourth-order valence-electron chi connectivity index (χ4n) is 2.63. The maximum Gasteiger partial charge on any atom is 0.265 e. The summed E-state index contributed by atoms with van der Waals surface area (Å²) in [4.78, 5) is 14.0. The van der Waals surface area contributed by atoms with Crippen molar-refractivity contribution in [3.8, 4) is 0 Å². The molecule has 0 radical (unpaired) electrons. The summed E-state index contributed by atoms with van der Waals surface area (Å²) in [5, 5.41) is 0. The molecule has 0 spiro atoms. The molecule has 0 bridgehead atoms. The van der Waals surface area contributed by atoms with Crippen molar-refractivity contribution in [3.05, 3.63) is 35.4 Å². The number of nitrogens with one attached hydrogen (secondary N) is 1. The molecule has 104 valence electrons. The highest BCUT2D eigenvalue weighted by molar-refractivity contribution is 5.93. The zero-order valence-electron chi connectivity index (χ0n) is 11.6. The number of likely N-dealkylation sites (tertiary alicyclic amines) is 1. The van der Waals surface area contributed by atoms with Gasteiger partial charge in [-0.15, -0.1) is 0 Å². The summed E-state index contributed by atoms with van der Waals surface area (Å²) >= 11 is 0. The SMILES string of the molecule is CC1CCCN(Cc2cccc(C(=O)NN)c2)CC1. The summed E-state index contributed by atoms with van der Waals surface area (Å²) in [5.41, 5.74) is 3.98. The lowest BCUT2D eigenvalue weighted by Crippen LogP contribution is -2.30. The van der Waals surface area contributed by atoms with Gasteiger partial charge in [0.25, 0.3) is 5.91 Å². The first-order valence-electron chi connectivity index (χ1n) is 7.01. The summed E-state index contributed by atoms with van der Waals surface area (Å²) in [7, 11) is 0. The van der Waals surface area contributed by atoms with E-state index in [4.69, 9.17) is 5.84 Å². The van der Waals surface area contributed by atoms with E-state index in [-0.39, 0.29) is 5.91 Å². The number of nitrogens with two attached hydrogens (primary N) is 1. The highest BCUT2D eigenvalue weighted by Gasteiger charge is 2.14. The summed E-state index contributed by atoms with van der Waals surface area (Å²) < 4.78 is 0. The number of benzene rings is 1. The number of hydrogen-bond acceptors (Lipinski definition) is 3. The topological polar surface area (TPSA) is 58.4 Å². The van der Waals surface area contributed by atoms with E-state index in [0.29, 0.717) is 5.56 Å². The van der Waals surface area contributed by atoms with Crippen LogP contribution in [0.1, 0.15) is 42.1 Å². The summed E-state index contributed by atoms with van der Waals surface area (Å²) in [6.45, 7) is 5.54. The van der Waals surface area contributed by atoms with Crippen LogP contribution in [0, 0.1) is 5.92 Å². The van der Waals surface area contributed by atoms with Crippen molar-refractivity contribution in [3.63, 3.8) is 0 Å². The largest absolute Gasteiger partial charge is 0.299 e. The molecule has 0 aliphatic carbocycles. The lowest BCUT2D eigenvalue weighted by molar-refractivity contribution is 0.0953. The van der Waals surface area contributed by atoms with Crippen LogP contribution in [0.25, 0.3) is 0 Å². The van der Waals surface area contributed by atoms with E-state index in [1.54, 1.807) is 6.07 Å². The molecule has 1 saturated heterocycles. The molecule has 1 heterocycles. The number of hydrazine groups is 1. The van der Waals surface area contributed by atoms with Crippen LogP contribution in [0.2, 0.25) is 0 Å². The minimum atomic E-state index is -0.230. The normalized spacial score (nSPS) is 20.8. The van der Waals surface area contributed by atoms with Gasteiger partial charge in [-0.1, -0.05) is 19.1 Å². The third kappa shape index (κ3) is 4.04. The Labute approximate surface area is 114 Å². The van der Waals surface area contributed by atoms with Crippen LogP contribution in [0.4, 0.5) is 0 Å². The smallest absolute Gasteiger partial charge is 0.265 e.